The van der Waals surface area contributed by atoms with E-state index in [9.17, 15) is 0 Å². The molecule has 0 spiro atoms. The van der Waals surface area contributed by atoms with Crippen LogP contribution in [-0.4, -0.2) is 88.4 Å². The summed E-state index contributed by atoms with van der Waals surface area (Å²) in [6.45, 7) is 0. The summed E-state index contributed by atoms with van der Waals surface area (Å²) in [5.41, 5.74) is 8.53. The molecular weight excluding hydrogens is 709 g/mol. The summed E-state index contributed by atoms with van der Waals surface area (Å²) in [4.78, 5) is 9.86. The number of aromatic nitrogens is 2. The average molecular weight is 727 g/mol. The van der Waals surface area contributed by atoms with Crippen molar-refractivity contribution in [1.82, 2.24) is 9.97 Å². The van der Waals surface area contributed by atoms with E-state index < -0.39 is 0 Å². The molecule has 20 radical (unpaired) electrons. The largest absolute Gasteiger partial charge is 0.456 e. The van der Waals surface area contributed by atoms with Gasteiger partial charge >= 0.3 is 0 Å². The Hall–Kier alpha value is -5.87. The number of nitrogens with zero attached hydrogens (tertiary/aromatic N) is 2. The van der Waals surface area contributed by atoms with Crippen LogP contribution in [-0.2, 0) is 0 Å². The molecule has 9 aromatic rings. The molecule has 0 N–H and O–H groups in total. The van der Waals surface area contributed by atoms with Crippen molar-refractivity contribution in [2.45, 2.75) is 5.92 Å². The summed E-state index contributed by atoms with van der Waals surface area (Å²) in [6, 6.07) is 30.1. The molecule has 0 saturated carbocycles. The van der Waals surface area contributed by atoms with Crippen LogP contribution in [0.2, 0.25) is 0 Å². The second-order valence-corrected chi connectivity index (χ2v) is 14.7. The predicted molar refractivity (Wildman–Crippen MR) is 252 cm³/mol. The summed E-state index contributed by atoms with van der Waals surface area (Å²) < 4.78 is 12.9. The summed E-state index contributed by atoms with van der Waals surface area (Å²) in [5.74, 6) is -0.00873. The molecule has 0 fully saturated rings. The van der Waals surface area contributed by atoms with Crippen molar-refractivity contribution in [2.75, 3.05) is 0 Å². The van der Waals surface area contributed by atoms with Crippen LogP contribution in [0.4, 0.5) is 0 Å². The topological polar surface area (TPSA) is 52.1 Å². The van der Waals surface area contributed by atoms with Gasteiger partial charge in [0.15, 0.2) is 5.82 Å². The first kappa shape index (κ1) is 37.4. The highest BCUT2D eigenvalue weighted by Crippen LogP contribution is 2.39. The second-order valence-electron chi connectivity index (χ2n) is 14.7. The molecule has 0 amide bonds. The maximum absolute atomic E-state index is 6.57. The lowest BCUT2D eigenvalue weighted by molar-refractivity contribution is 0.576. The summed E-state index contributed by atoms with van der Waals surface area (Å²) in [5, 5.41) is 3.79. The van der Waals surface area contributed by atoms with Gasteiger partial charge in [0.05, 0.1) is 11.4 Å². The lowest BCUT2D eigenvalue weighted by Crippen LogP contribution is -2.55. The van der Waals surface area contributed by atoms with Gasteiger partial charge in [0.25, 0.3) is 0 Å². The molecule has 10 rings (SSSR count). The molecule has 0 saturated heterocycles. The highest BCUT2D eigenvalue weighted by molar-refractivity contribution is 6.70. The molecule has 0 bridgehead atoms. The molecule has 14 heteroatoms. The van der Waals surface area contributed by atoms with E-state index in [1.807, 2.05) is 54.6 Å². The molecule has 1 aliphatic carbocycles. The third kappa shape index (κ3) is 5.74. The van der Waals surface area contributed by atoms with Crippen molar-refractivity contribution in [3.8, 4) is 45.0 Å². The molecular formula is C45H18B10N2O2. The zero-order chi connectivity index (χ0) is 41.0. The van der Waals surface area contributed by atoms with Crippen molar-refractivity contribution in [3.05, 3.63) is 107 Å². The van der Waals surface area contributed by atoms with E-state index in [1.54, 1.807) is 6.07 Å². The van der Waals surface area contributed by atoms with Crippen LogP contribution in [0.1, 0.15) is 11.5 Å². The fraction of sp³-hybridized carbons (Fsp3) is 0.0222. The van der Waals surface area contributed by atoms with Gasteiger partial charge in [-0.15, -0.1) is 32.8 Å². The van der Waals surface area contributed by atoms with E-state index in [1.165, 1.54) is 0 Å². The SMILES string of the molecule is [B]c1c([B])c([B])c(-c2cc(-c3cccc4oc5ccc(C6C=c7oc8cccc(-c9ccccc9)c8c7=C6)cc5c34)nc(-c3c([B])c([B])c([B])c([B])c3[B])n2)c([B])c1[B]. The molecule has 3 heterocycles. The lowest BCUT2D eigenvalue weighted by atomic mass is 9.60. The second kappa shape index (κ2) is 13.9. The van der Waals surface area contributed by atoms with Crippen LogP contribution in [0, 0.1) is 0 Å². The van der Waals surface area contributed by atoms with E-state index in [0.717, 1.165) is 49.1 Å². The first-order valence-electron chi connectivity index (χ1n) is 18.6. The number of hydrogen-bond donors (Lipinski definition) is 0. The molecule has 1 aliphatic rings. The van der Waals surface area contributed by atoms with Gasteiger partial charge < -0.3 is 8.83 Å². The highest BCUT2D eigenvalue weighted by Gasteiger charge is 2.23. The smallest absolute Gasteiger partial charge is 0.159 e. The van der Waals surface area contributed by atoms with Gasteiger partial charge in [-0.05, 0) is 58.7 Å². The Morgan fingerprint density at radius 3 is 1.68 bits per heavy atom. The molecule has 59 heavy (non-hydrogen) atoms. The first-order valence-corrected chi connectivity index (χ1v) is 18.6. The quantitative estimate of drug-likeness (QED) is 0.195. The van der Waals surface area contributed by atoms with Crippen LogP contribution in [0.5, 0.6) is 0 Å². The molecule has 250 valence electrons. The summed E-state index contributed by atoms with van der Waals surface area (Å²) in [7, 11) is 63.8. The zero-order valence-corrected chi connectivity index (χ0v) is 31.4. The molecule has 6 aromatic carbocycles. The Bertz CT molecular complexity index is 3270. The number of rotatable bonds is 5. The van der Waals surface area contributed by atoms with E-state index in [0.29, 0.717) is 22.4 Å². The summed E-state index contributed by atoms with van der Waals surface area (Å²) in [6.07, 6.45) is 4.40. The van der Waals surface area contributed by atoms with Crippen LogP contribution < -0.4 is 65.3 Å². The van der Waals surface area contributed by atoms with Crippen LogP contribution in [0.3, 0.4) is 0 Å². The minimum Gasteiger partial charge on any atom is -0.456 e. The van der Waals surface area contributed by atoms with E-state index in [2.05, 4.69) is 42.5 Å². The van der Waals surface area contributed by atoms with Crippen molar-refractivity contribution in [2.24, 2.45) is 0 Å². The third-order valence-electron chi connectivity index (χ3n) is 11.3. The monoisotopic (exact) mass is 728 g/mol. The minimum atomic E-state index is -0.0736. The zero-order valence-electron chi connectivity index (χ0n) is 31.4. The number of furan rings is 2. The minimum absolute atomic E-state index is 0.0314. The van der Waals surface area contributed by atoms with E-state index >= 15 is 0 Å². The Labute approximate surface area is 353 Å². The van der Waals surface area contributed by atoms with Gasteiger partial charge in [0.1, 0.15) is 101 Å². The molecule has 4 nitrogen and oxygen atoms in total. The van der Waals surface area contributed by atoms with E-state index in [-0.39, 0.29) is 83.2 Å². The highest BCUT2D eigenvalue weighted by atomic mass is 16.3. The van der Waals surface area contributed by atoms with Crippen molar-refractivity contribution in [1.29, 1.82) is 0 Å². The van der Waals surface area contributed by atoms with Crippen molar-refractivity contribution in [3.63, 3.8) is 0 Å². The maximum atomic E-state index is 6.57. The van der Waals surface area contributed by atoms with Gasteiger partial charge in [0, 0.05) is 38.4 Å². The maximum Gasteiger partial charge on any atom is 0.159 e. The van der Waals surface area contributed by atoms with Crippen LogP contribution >= 0.6 is 0 Å². The number of fused-ring (bicyclic) bond motifs is 6. The number of benzene rings is 6. The third-order valence-corrected chi connectivity index (χ3v) is 11.3. The van der Waals surface area contributed by atoms with Gasteiger partial charge in [-0.3, -0.25) is 0 Å². The average Bonchev–Trinajstić information content (AvgIpc) is 3.95. The fourth-order valence-electron chi connectivity index (χ4n) is 8.23. The van der Waals surface area contributed by atoms with Crippen molar-refractivity contribution < 1.29 is 8.83 Å². The lowest BCUT2D eigenvalue weighted by Gasteiger charge is -2.23. The summed E-state index contributed by atoms with van der Waals surface area (Å²) >= 11 is 0. The fourth-order valence-corrected chi connectivity index (χ4v) is 8.23. The normalized spacial score (nSPS) is 13.5. The molecule has 3 aromatic heterocycles. The molecule has 1 atom stereocenters. The Balaban J connectivity index is 1.19. The Morgan fingerprint density at radius 2 is 1.02 bits per heavy atom. The Kier molecular flexibility index (Phi) is 8.79. The van der Waals surface area contributed by atoms with E-state index in [4.69, 9.17) is 97.3 Å². The molecule has 0 aliphatic heterocycles. The van der Waals surface area contributed by atoms with Gasteiger partial charge in [0.2, 0.25) is 0 Å². The Morgan fingerprint density at radius 1 is 0.441 bits per heavy atom. The number of hydrogen-bond acceptors (Lipinski definition) is 4. The predicted octanol–water partition coefficient (Wildman–Crippen LogP) is -1.91. The van der Waals surface area contributed by atoms with Gasteiger partial charge in [-0.2, -0.15) is 0 Å². The first-order chi connectivity index (χ1) is 28.4. The standard InChI is InChI=1S/C45H18B10N2O2/c46-35-33(36(47)40(51)43(54)39(35)50)26-17-25(56-45(57-26)34-37(48)41(52)44(55)42(53)38(34)49)22-9-5-11-29-32(22)23-14-19(12-13-27(23)58-29)20-15-24-30(16-20)59-28-10-4-8-21(31(24)28)18-6-2-1-3-7-18/h1-17,20H. The molecule has 1 unspecified atom stereocenters. The van der Waals surface area contributed by atoms with Gasteiger partial charge in [-0.25, -0.2) is 9.97 Å². The van der Waals surface area contributed by atoms with Crippen LogP contribution in [0.25, 0.3) is 90.1 Å². The van der Waals surface area contributed by atoms with Crippen molar-refractivity contribution >= 4 is 178 Å². The van der Waals surface area contributed by atoms with Crippen LogP contribution in [0.15, 0.2) is 99.8 Å². The van der Waals surface area contributed by atoms with Gasteiger partial charge in [-0.1, -0.05) is 88.6 Å².